The van der Waals surface area contributed by atoms with Crippen LogP contribution in [0.3, 0.4) is 0 Å². The fourth-order valence-electron chi connectivity index (χ4n) is 5.91. The number of likely N-dealkylation sites (tertiary alicyclic amines) is 1. The van der Waals surface area contributed by atoms with Crippen LogP contribution in [0.2, 0.25) is 0 Å². The lowest BCUT2D eigenvalue weighted by Crippen LogP contribution is -2.57. The fourth-order valence-corrected chi connectivity index (χ4v) is 6.85. The average Bonchev–Trinajstić information content (AvgIpc) is 3.35. The molecular formula is C24H40BrN3O5. The molecule has 0 aliphatic carbocycles. The molecule has 0 aromatic carbocycles. The van der Waals surface area contributed by atoms with Crippen LogP contribution in [0.1, 0.15) is 72.1 Å². The first-order valence-electron chi connectivity index (χ1n) is 12.6. The van der Waals surface area contributed by atoms with Crippen molar-refractivity contribution in [2.24, 2.45) is 11.8 Å². The van der Waals surface area contributed by atoms with Crippen LogP contribution in [-0.4, -0.2) is 76.0 Å². The van der Waals surface area contributed by atoms with Gasteiger partial charge in [-0.15, -0.1) is 0 Å². The summed E-state index contributed by atoms with van der Waals surface area (Å²) >= 11 is 3.69. The van der Waals surface area contributed by atoms with E-state index in [2.05, 4.69) is 33.5 Å². The van der Waals surface area contributed by atoms with E-state index < -0.39 is 29.6 Å². The van der Waals surface area contributed by atoms with Crippen molar-refractivity contribution in [3.8, 4) is 0 Å². The molecule has 0 aromatic rings. The minimum Gasteiger partial charge on any atom is -0.396 e. The van der Waals surface area contributed by atoms with Gasteiger partial charge in [-0.25, -0.2) is 0 Å². The zero-order chi connectivity index (χ0) is 24.2. The van der Waals surface area contributed by atoms with Gasteiger partial charge in [0.25, 0.3) is 0 Å². The van der Waals surface area contributed by atoms with Gasteiger partial charge in [0.15, 0.2) is 0 Å². The number of ether oxygens (including phenoxy) is 1. The van der Waals surface area contributed by atoms with Gasteiger partial charge in [-0.3, -0.25) is 14.4 Å². The molecule has 3 saturated heterocycles. The van der Waals surface area contributed by atoms with Crippen molar-refractivity contribution in [2.75, 3.05) is 19.7 Å². The zero-order valence-electron chi connectivity index (χ0n) is 20.1. The summed E-state index contributed by atoms with van der Waals surface area (Å²) in [5.74, 6) is -1.71. The van der Waals surface area contributed by atoms with Gasteiger partial charge in [-0.2, -0.15) is 0 Å². The molecular weight excluding hydrogens is 490 g/mol. The lowest BCUT2D eigenvalue weighted by Gasteiger charge is -2.34. The van der Waals surface area contributed by atoms with Crippen molar-refractivity contribution in [2.45, 2.75) is 101 Å². The van der Waals surface area contributed by atoms with E-state index in [0.29, 0.717) is 19.5 Å². The van der Waals surface area contributed by atoms with Crippen LogP contribution >= 0.6 is 15.9 Å². The highest BCUT2D eigenvalue weighted by Crippen LogP contribution is 2.60. The van der Waals surface area contributed by atoms with E-state index in [1.807, 2.05) is 13.8 Å². The highest BCUT2D eigenvalue weighted by molar-refractivity contribution is 9.09. The van der Waals surface area contributed by atoms with Crippen molar-refractivity contribution in [1.82, 2.24) is 15.5 Å². The minimum absolute atomic E-state index is 0.00137. The molecule has 3 fully saturated rings. The number of rotatable bonds is 13. The topological polar surface area (TPSA) is 108 Å². The summed E-state index contributed by atoms with van der Waals surface area (Å²) in [6.07, 6.45) is 5.97. The zero-order valence-corrected chi connectivity index (χ0v) is 21.7. The summed E-state index contributed by atoms with van der Waals surface area (Å²) in [5, 5.41) is 15.1. The van der Waals surface area contributed by atoms with Gasteiger partial charge < -0.3 is 25.4 Å². The third-order valence-electron chi connectivity index (χ3n) is 7.31. The summed E-state index contributed by atoms with van der Waals surface area (Å²) in [7, 11) is 0. The van der Waals surface area contributed by atoms with Crippen LogP contribution in [0.4, 0.5) is 0 Å². The number of hydrogen-bond donors (Lipinski definition) is 3. The molecule has 3 rings (SSSR count). The average molecular weight is 531 g/mol. The first-order chi connectivity index (χ1) is 15.8. The van der Waals surface area contributed by atoms with Crippen molar-refractivity contribution in [3.63, 3.8) is 0 Å². The number of aliphatic hydroxyl groups is 1. The third kappa shape index (κ3) is 5.10. The number of unbranched alkanes of at least 4 members (excludes halogenated alkanes) is 3. The van der Waals surface area contributed by atoms with Crippen molar-refractivity contribution in [1.29, 1.82) is 0 Å². The van der Waals surface area contributed by atoms with Crippen LogP contribution in [-0.2, 0) is 19.1 Å². The second-order valence-electron chi connectivity index (χ2n) is 9.82. The number of alkyl halides is 1. The Kier molecular flexibility index (Phi) is 9.20. The van der Waals surface area contributed by atoms with Crippen LogP contribution in [0.5, 0.6) is 0 Å². The summed E-state index contributed by atoms with van der Waals surface area (Å²) in [5.41, 5.74) is -0.981. The van der Waals surface area contributed by atoms with Gasteiger partial charge in [0.05, 0.1) is 17.9 Å². The Balaban J connectivity index is 1.87. The van der Waals surface area contributed by atoms with Crippen molar-refractivity contribution in [3.05, 3.63) is 0 Å². The number of halogens is 1. The molecule has 9 heteroatoms. The molecule has 3 heterocycles. The number of amides is 3. The monoisotopic (exact) mass is 529 g/mol. The quantitative estimate of drug-likeness (QED) is 0.250. The maximum absolute atomic E-state index is 13.7. The summed E-state index contributed by atoms with van der Waals surface area (Å²) < 4.78 is 6.47. The van der Waals surface area contributed by atoms with Crippen molar-refractivity contribution < 1.29 is 24.2 Å². The standard InChI is InChI=1S/C24H40BrN3O5/c1-4-10-15(3)27-22(31)20-24-14-16(25)19(33-24)17(21(30)26-11-5-2)18(24)23(32)28(20)12-8-6-7-9-13-29/h15-20,29H,4-14H2,1-3H3,(H,26,30)(H,27,31)/t15?,16?,17-,18+,19-,20?,24?/m1/s1. The Bertz CT molecular complexity index is 722. The molecule has 3 amide bonds. The first kappa shape index (κ1) is 26.4. The van der Waals surface area contributed by atoms with E-state index in [1.54, 1.807) is 4.90 Å². The van der Waals surface area contributed by atoms with Crippen LogP contribution in [0.25, 0.3) is 0 Å². The highest BCUT2D eigenvalue weighted by atomic mass is 79.9. The Morgan fingerprint density at radius 3 is 2.61 bits per heavy atom. The van der Waals surface area contributed by atoms with E-state index in [4.69, 9.17) is 9.84 Å². The van der Waals surface area contributed by atoms with E-state index in [9.17, 15) is 14.4 Å². The maximum Gasteiger partial charge on any atom is 0.246 e. The Morgan fingerprint density at radius 1 is 1.21 bits per heavy atom. The lowest BCUT2D eigenvalue weighted by molar-refractivity contribution is -0.142. The third-order valence-corrected chi connectivity index (χ3v) is 8.15. The molecule has 7 atom stereocenters. The molecule has 3 N–H and O–H groups in total. The van der Waals surface area contributed by atoms with Gasteiger partial charge in [0.2, 0.25) is 17.7 Å². The van der Waals surface area contributed by atoms with Crippen LogP contribution in [0, 0.1) is 11.8 Å². The molecule has 4 unspecified atom stereocenters. The number of hydrogen-bond acceptors (Lipinski definition) is 5. The summed E-state index contributed by atoms with van der Waals surface area (Å²) in [6, 6.07) is -0.734. The largest absolute Gasteiger partial charge is 0.396 e. The molecule has 1 spiro atoms. The molecule has 3 aliphatic heterocycles. The normalized spacial score (nSPS) is 33.3. The van der Waals surface area contributed by atoms with Gasteiger partial charge >= 0.3 is 0 Å². The molecule has 0 radical (unpaired) electrons. The van der Waals surface area contributed by atoms with Gasteiger partial charge in [-0.05, 0) is 39.0 Å². The predicted molar refractivity (Wildman–Crippen MR) is 129 cm³/mol. The number of nitrogens with one attached hydrogen (secondary N) is 2. The molecule has 0 aromatic heterocycles. The number of carbonyl (C=O) groups excluding carboxylic acids is 3. The van der Waals surface area contributed by atoms with Gasteiger partial charge in [-0.1, -0.05) is 49.0 Å². The van der Waals surface area contributed by atoms with Crippen molar-refractivity contribution >= 4 is 33.7 Å². The van der Waals surface area contributed by atoms with Gasteiger partial charge in [0.1, 0.15) is 11.6 Å². The van der Waals surface area contributed by atoms with Crippen LogP contribution < -0.4 is 10.6 Å². The molecule has 3 aliphatic rings. The Morgan fingerprint density at radius 2 is 1.94 bits per heavy atom. The van der Waals surface area contributed by atoms with E-state index in [0.717, 1.165) is 44.9 Å². The Labute approximate surface area is 205 Å². The predicted octanol–water partition coefficient (Wildman–Crippen LogP) is 2.12. The Hall–Kier alpha value is -1.19. The van der Waals surface area contributed by atoms with Crippen LogP contribution in [0.15, 0.2) is 0 Å². The second-order valence-corrected chi connectivity index (χ2v) is 11.0. The molecule has 0 saturated carbocycles. The maximum atomic E-state index is 13.7. The van der Waals surface area contributed by atoms with E-state index in [-0.39, 0.29) is 35.2 Å². The smallest absolute Gasteiger partial charge is 0.246 e. The fraction of sp³-hybridized carbons (Fsp3) is 0.875. The highest BCUT2D eigenvalue weighted by Gasteiger charge is 2.76. The van der Waals surface area contributed by atoms with Gasteiger partial charge in [0, 0.05) is 30.6 Å². The second kappa shape index (κ2) is 11.5. The number of aliphatic hydroxyl groups excluding tert-OH is 1. The molecule has 33 heavy (non-hydrogen) atoms. The number of fused-ring (bicyclic) bond motifs is 1. The summed E-state index contributed by atoms with van der Waals surface area (Å²) in [4.78, 5) is 42.0. The first-order valence-corrected chi connectivity index (χ1v) is 13.5. The lowest BCUT2D eigenvalue weighted by atomic mass is 9.70. The number of carbonyl (C=O) groups is 3. The molecule has 8 nitrogen and oxygen atoms in total. The van der Waals surface area contributed by atoms with E-state index >= 15 is 0 Å². The molecule has 2 bridgehead atoms. The minimum atomic E-state index is -0.981. The SMILES string of the molecule is CCCNC(=O)[C@H]1[C@@H]2OC3(CC2Br)C(C(=O)NC(C)CCC)N(CCCCCCO)C(=O)[C@H]13. The number of nitrogens with zero attached hydrogens (tertiary/aromatic N) is 1. The molecule has 188 valence electrons. The van der Waals surface area contributed by atoms with E-state index in [1.165, 1.54) is 0 Å². The summed E-state index contributed by atoms with van der Waals surface area (Å²) in [6.45, 7) is 7.20.